The zero-order valence-corrected chi connectivity index (χ0v) is 16.7. The van der Waals surface area contributed by atoms with Gasteiger partial charge in [0.2, 0.25) is 6.10 Å². The molecule has 0 aliphatic rings. The van der Waals surface area contributed by atoms with E-state index in [1.54, 1.807) is 36.4 Å². The number of ether oxygens (including phenoxy) is 2. The van der Waals surface area contributed by atoms with Gasteiger partial charge in [0.15, 0.2) is 0 Å². The van der Waals surface area contributed by atoms with Gasteiger partial charge in [0.25, 0.3) is 5.91 Å². The first kappa shape index (κ1) is 19.6. The van der Waals surface area contributed by atoms with Crippen LogP contribution >= 0.6 is 11.3 Å². The monoisotopic (exact) mass is 395 g/mol. The molecule has 6 heteroatoms. The predicted molar refractivity (Wildman–Crippen MR) is 110 cm³/mol. The molecule has 3 aromatic rings. The number of nitrogens with one attached hydrogen (secondary N) is 1. The number of anilines is 1. The molecule has 0 saturated carbocycles. The van der Waals surface area contributed by atoms with Crippen LogP contribution in [0.15, 0.2) is 60.7 Å². The first-order valence-corrected chi connectivity index (χ1v) is 9.57. The van der Waals surface area contributed by atoms with Gasteiger partial charge in [-0.15, -0.1) is 11.3 Å². The Labute approximate surface area is 167 Å². The average Bonchev–Trinajstić information content (AvgIpc) is 3.13. The lowest BCUT2D eigenvalue weighted by molar-refractivity contribution is -0.125. The molecule has 5 nitrogen and oxygen atoms in total. The van der Waals surface area contributed by atoms with Crippen LogP contribution in [0, 0.1) is 13.8 Å². The maximum absolute atomic E-state index is 13.0. The second-order valence-corrected chi connectivity index (χ2v) is 7.59. The lowest BCUT2D eigenvalue weighted by Gasteiger charge is -2.19. The molecule has 0 fully saturated rings. The van der Waals surface area contributed by atoms with Crippen LogP contribution in [0.3, 0.4) is 0 Å². The molecule has 0 radical (unpaired) electrons. The summed E-state index contributed by atoms with van der Waals surface area (Å²) in [5.41, 5.74) is 2.09. The van der Waals surface area contributed by atoms with Crippen LogP contribution in [0.4, 0.5) is 5.69 Å². The highest BCUT2D eigenvalue weighted by Gasteiger charge is 2.27. The largest absolute Gasteiger partial charge is 0.495 e. The van der Waals surface area contributed by atoms with Crippen LogP contribution in [0.1, 0.15) is 31.8 Å². The van der Waals surface area contributed by atoms with Crippen molar-refractivity contribution in [2.24, 2.45) is 0 Å². The quantitative estimate of drug-likeness (QED) is 0.602. The molecule has 1 heterocycles. The van der Waals surface area contributed by atoms with E-state index in [0.29, 0.717) is 21.9 Å². The highest BCUT2D eigenvalue weighted by atomic mass is 32.1. The SMILES string of the molecule is COc1ccc(C)cc1NC(=O)[C@@H](OC(=O)c1ccc(C)s1)c1ccccc1. The predicted octanol–water partition coefficient (Wildman–Crippen LogP) is 4.91. The molecule has 28 heavy (non-hydrogen) atoms. The van der Waals surface area contributed by atoms with Crippen LogP contribution in [0.5, 0.6) is 5.75 Å². The summed E-state index contributed by atoms with van der Waals surface area (Å²) in [4.78, 5) is 27.0. The van der Waals surface area contributed by atoms with Gasteiger partial charge in [-0.05, 0) is 43.7 Å². The fourth-order valence-corrected chi connectivity index (χ4v) is 3.48. The van der Waals surface area contributed by atoms with Crippen LogP contribution in [-0.2, 0) is 9.53 Å². The van der Waals surface area contributed by atoms with Crippen molar-refractivity contribution in [2.75, 3.05) is 12.4 Å². The molecule has 1 N–H and O–H groups in total. The van der Waals surface area contributed by atoms with Gasteiger partial charge in [-0.3, -0.25) is 4.79 Å². The molecule has 144 valence electrons. The summed E-state index contributed by atoms with van der Waals surface area (Å²) in [6.45, 7) is 3.83. The number of carbonyl (C=O) groups is 2. The van der Waals surface area contributed by atoms with E-state index in [2.05, 4.69) is 5.32 Å². The molecular weight excluding hydrogens is 374 g/mol. The number of esters is 1. The number of methoxy groups -OCH3 is 1. The zero-order valence-electron chi connectivity index (χ0n) is 15.9. The van der Waals surface area contributed by atoms with E-state index >= 15 is 0 Å². The van der Waals surface area contributed by atoms with Gasteiger partial charge in [0.1, 0.15) is 10.6 Å². The maximum atomic E-state index is 13.0. The maximum Gasteiger partial charge on any atom is 0.349 e. The highest BCUT2D eigenvalue weighted by Crippen LogP contribution is 2.28. The molecule has 0 aliphatic heterocycles. The van der Waals surface area contributed by atoms with E-state index in [-0.39, 0.29) is 0 Å². The Morgan fingerprint density at radius 1 is 1.00 bits per heavy atom. The Balaban J connectivity index is 1.87. The number of rotatable bonds is 6. The summed E-state index contributed by atoms with van der Waals surface area (Å²) in [5.74, 6) is -0.444. The minimum Gasteiger partial charge on any atom is -0.495 e. The van der Waals surface area contributed by atoms with Gasteiger partial charge >= 0.3 is 5.97 Å². The molecule has 0 unspecified atom stereocenters. The van der Waals surface area contributed by atoms with Crippen molar-refractivity contribution < 1.29 is 19.1 Å². The number of thiophene rings is 1. The van der Waals surface area contributed by atoms with Crippen LogP contribution in [0.25, 0.3) is 0 Å². The molecule has 0 bridgehead atoms. The molecule has 2 aromatic carbocycles. The summed E-state index contributed by atoms with van der Waals surface area (Å²) in [7, 11) is 1.54. The lowest BCUT2D eigenvalue weighted by Crippen LogP contribution is -2.26. The summed E-state index contributed by atoms with van der Waals surface area (Å²) < 4.78 is 10.9. The van der Waals surface area contributed by atoms with E-state index < -0.39 is 18.0 Å². The van der Waals surface area contributed by atoms with Crippen molar-refractivity contribution in [1.29, 1.82) is 0 Å². The summed E-state index contributed by atoms with van der Waals surface area (Å²) in [6, 6.07) is 18.0. The molecule has 0 saturated heterocycles. The third-order valence-electron chi connectivity index (χ3n) is 4.12. The number of hydrogen-bond donors (Lipinski definition) is 1. The molecule has 3 rings (SSSR count). The van der Waals surface area contributed by atoms with Gasteiger partial charge in [-0.25, -0.2) is 4.79 Å². The molecular formula is C22H21NO4S. The van der Waals surface area contributed by atoms with E-state index in [1.165, 1.54) is 18.4 Å². The van der Waals surface area contributed by atoms with Crippen molar-refractivity contribution >= 4 is 28.9 Å². The van der Waals surface area contributed by atoms with Gasteiger partial charge in [0.05, 0.1) is 12.8 Å². The minimum absolute atomic E-state index is 0.447. The Kier molecular flexibility index (Phi) is 6.11. The second kappa shape index (κ2) is 8.71. The Morgan fingerprint density at radius 3 is 2.39 bits per heavy atom. The van der Waals surface area contributed by atoms with Gasteiger partial charge in [-0.2, -0.15) is 0 Å². The first-order chi connectivity index (χ1) is 13.5. The Bertz CT molecular complexity index is 981. The number of benzene rings is 2. The summed E-state index contributed by atoms with van der Waals surface area (Å²) >= 11 is 1.33. The number of carbonyl (C=O) groups excluding carboxylic acids is 2. The van der Waals surface area contributed by atoms with Crippen molar-refractivity contribution in [3.05, 3.63) is 81.5 Å². The fourth-order valence-electron chi connectivity index (χ4n) is 2.73. The van der Waals surface area contributed by atoms with E-state index in [0.717, 1.165) is 10.4 Å². The van der Waals surface area contributed by atoms with Crippen LogP contribution in [0.2, 0.25) is 0 Å². The van der Waals surface area contributed by atoms with Gasteiger partial charge in [0, 0.05) is 10.4 Å². The smallest absolute Gasteiger partial charge is 0.349 e. The van der Waals surface area contributed by atoms with Crippen molar-refractivity contribution in [3.63, 3.8) is 0 Å². The van der Waals surface area contributed by atoms with Crippen molar-refractivity contribution in [3.8, 4) is 5.75 Å². The summed E-state index contributed by atoms with van der Waals surface area (Å²) in [6.07, 6.45) is -1.08. The standard InChI is InChI=1S/C22H21NO4S/c1-14-9-11-18(26-3)17(13-14)23-21(24)20(16-7-5-4-6-8-16)27-22(25)19-12-10-15(2)28-19/h4-13,20H,1-3H3,(H,23,24)/t20-/m0/s1. The van der Waals surface area contributed by atoms with Crippen LogP contribution < -0.4 is 10.1 Å². The van der Waals surface area contributed by atoms with Crippen molar-refractivity contribution in [2.45, 2.75) is 20.0 Å². The normalized spacial score (nSPS) is 11.5. The fraction of sp³-hybridized carbons (Fsp3) is 0.182. The van der Waals surface area contributed by atoms with Crippen LogP contribution in [-0.4, -0.2) is 19.0 Å². The van der Waals surface area contributed by atoms with Crippen molar-refractivity contribution in [1.82, 2.24) is 0 Å². The topological polar surface area (TPSA) is 64.6 Å². The summed E-state index contributed by atoms with van der Waals surface area (Å²) in [5, 5.41) is 2.83. The first-order valence-electron chi connectivity index (χ1n) is 8.76. The molecule has 0 spiro atoms. The van der Waals surface area contributed by atoms with E-state index in [1.807, 2.05) is 38.1 Å². The number of hydrogen-bond acceptors (Lipinski definition) is 5. The number of amides is 1. The lowest BCUT2D eigenvalue weighted by atomic mass is 10.1. The zero-order chi connectivity index (χ0) is 20.1. The van der Waals surface area contributed by atoms with E-state index in [9.17, 15) is 9.59 Å². The molecule has 0 aliphatic carbocycles. The molecule has 1 aromatic heterocycles. The number of aryl methyl sites for hydroxylation is 2. The second-order valence-electron chi connectivity index (χ2n) is 6.30. The minimum atomic E-state index is -1.08. The molecule has 1 amide bonds. The van der Waals surface area contributed by atoms with Gasteiger partial charge < -0.3 is 14.8 Å². The Hall–Kier alpha value is -3.12. The van der Waals surface area contributed by atoms with E-state index in [4.69, 9.17) is 9.47 Å². The Morgan fingerprint density at radius 2 is 1.75 bits per heavy atom. The molecule has 1 atom stereocenters. The third-order valence-corrected chi connectivity index (χ3v) is 5.10. The van der Waals surface area contributed by atoms with Gasteiger partial charge in [-0.1, -0.05) is 36.4 Å². The highest BCUT2D eigenvalue weighted by molar-refractivity contribution is 7.13. The third kappa shape index (κ3) is 4.58. The average molecular weight is 395 g/mol.